The van der Waals surface area contributed by atoms with Gasteiger partial charge in [0.25, 0.3) is 0 Å². The second-order valence-corrected chi connectivity index (χ2v) is 2.63. The van der Waals surface area contributed by atoms with Gasteiger partial charge in [-0.15, -0.1) is 10.2 Å². The molecule has 0 unspecified atom stereocenters. The molecule has 0 fully saturated rings. The highest BCUT2D eigenvalue weighted by molar-refractivity contribution is 5.90. The lowest BCUT2D eigenvalue weighted by Crippen LogP contribution is -1.95. The summed E-state index contributed by atoms with van der Waals surface area (Å²) in [4.78, 5) is 10.3. The average Bonchev–Trinajstić information content (AvgIpc) is 2.32. The number of para-hydroxylation sites is 1. The van der Waals surface area contributed by atoms with E-state index in [0.717, 1.165) is 0 Å². The highest BCUT2D eigenvalue weighted by Crippen LogP contribution is 2.14. The summed E-state index contributed by atoms with van der Waals surface area (Å²) in [5.41, 5.74) is -0.0671. The van der Waals surface area contributed by atoms with Crippen molar-refractivity contribution in [2.45, 2.75) is 0 Å². The number of aromatic nitrogens is 3. The zero-order valence-electron chi connectivity index (χ0n) is 8.19. The van der Waals surface area contributed by atoms with Gasteiger partial charge in [-0.2, -0.15) is 0 Å². The van der Waals surface area contributed by atoms with Crippen LogP contribution in [0.2, 0.25) is 0 Å². The molecule has 0 bridgehead atoms. The lowest BCUT2D eigenvalue weighted by atomic mass is 10.2. The van der Waals surface area contributed by atoms with Crippen LogP contribution in [0.1, 0.15) is 10.4 Å². The largest absolute Gasteiger partial charge is 0.507 e. The van der Waals surface area contributed by atoms with E-state index >= 15 is 0 Å². The number of phenols is 1. The minimum Gasteiger partial charge on any atom is -0.507 e. The first-order chi connectivity index (χ1) is 7.72. The summed E-state index contributed by atoms with van der Waals surface area (Å²) in [6, 6.07) is 7.53. The number of benzene rings is 1. The van der Waals surface area contributed by atoms with Gasteiger partial charge in [-0.25, -0.2) is 4.79 Å². The van der Waals surface area contributed by atoms with Crippen LogP contribution in [-0.4, -0.2) is 31.6 Å². The average molecular weight is 219 g/mol. The van der Waals surface area contributed by atoms with Gasteiger partial charge >= 0.3 is 5.97 Å². The SMILES string of the molecule is O=C(O)c1ccccc1O.c1cnnnc1. The van der Waals surface area contributed by atoms with E-state index in [2.05, 4.69) is 15.4 Å². The van der Waals surface area contributed by atoms with E-state index in [9.17, 15) is 4.79 Å². The lowest BCUT2D eigenvalue weighted by molar-refractivity contribution is 0.0694. The van der Waals surface area contributed by atoms with Crippen LogP contribution in [-0.2, 0) is 0 Å². The molecule has 0 spiro atoms. The van der Waals surface area contributed by atoms with Gasteiger partial charge in [0.1, 0.15) is 11.3 Å². The van der Waals surface area contributed by atoms with Crippen molar-refractivity contribution in [2.75, 3.05) is 0 Å². The fourth-order valence-corrected chi connectivity index (χ4v) is 0.859. The topological polar surface area (TPSA) is 96.2 Å². The van der Waals surface area contributed by atoms with E-state index in [1.54, 1.807) is 30.6 Å². The number of carbonyl (C=O) groups is 1. The molecule has 0 aliphatic carbocycles. The zero-order valence-corrected chi connectivity index (χ0v) is 8.19. The zero-order chi connectivity index (χ0) is 11.8. The van der Waals surface area contributed by atoms with Crippen molar-refractivity contribution in [1.82, 2.24) is 15.4 Å². The van der Waals surface area contributed by atoms with Crippen LogP contribution < -0.4 is 0 Å². The Morgan fingerprint density at radius 1 is 1.06 bits per heavy atom. The third kappa shape index (κ3) is 3.70. The Morgan fingerprint density at radius 3 is 2.00 bits per heavy atom. The van der Waals surface area contributed by atoms with Gasteiger partial charge in [-0.1, -0.05) is 12.1 Å². The Bertz CT molecular complexity index is 421. The predicted octanol–water partition coefficient (Wildman–Crippen LogP) is 0.962. The predicted molar refractivity (Wildman–Crippen MR) is 54.9 cm³/mol. The number of aromatic hydroxyl groups is 1. The van der Waals surface area contributed by atoms with E-state index in [1.165, 1.54) is 12.1 Å². The van der Waals surface area contributed by atoms with E-state index in [0.29, 0.717) is 0 Å². The van der Waals surface area contributed by atoms with Gasteiger partial charge in [0.15, 0.2) is 0 Å². The standard InChI is InChI=1S/C7H6O3.C3H3N3/c8-6-4-2-1-3-5(6)7(9)10;1-2-4-6-5-3-1/h1-4,8H,(H,9,10);1-3H. The third-order valence-electron chi connectivity index (χ3n) is 1.54. The van der Waals surface area contributed by atoms with Crippen molar-refractivity contribution in [3.05, 3.63) is 48.3 Å². The molecule has 2 rings (SSSR count). The summed E-state index contributed by atoms with van der Waals surface area (Å²) >= 11 is 0. The van der Waals surface area contributed by atoms with E-state index in [-0.39, 0.29) is 11.3 Å². The van der Waals surface area contributed by atoms with Crippen molar-refractivity contribution in [3.8, 4) is 5.75 Å². The monoisotopic (exact) mass is 219 g/mol. The van der Waals surface area contributed by atoms with Gasteiger partial charge in [0, 0.05) is 0 Å². The number of carboxylic acids is 1. The molecule has 0 amide bonds. The number of hydrogen-bond donors (Lipinski definition) is 2. The minimum absolute atomic E-state index is 0.0671. The summed E-state index contributed by atoms with van der Waals surface area (Å²) in [6.07, 6.45) is 3.15. The summed E-state index contributed by atoms with van der Waals surface area (Å²) in [5, 5.41) is 27.4. The normalized spacial score (nSPS) is 8.75. The number of rotatable bonds is 1. The van der Waals surface area contributed by atoms with Gasteiger partial charge in [0.05, 0.1) is 12.4 Å². The van der Waals surface area contributed by atoms with E-state index < -0.39 is 5.97 Å². The molecule has 82 valence electrons. The van der Waals surface area contributed by atoms with Crippen molar-refractivity contribution < 1.29 is 15.0 Å². The number of hydrogen-bond acceptors (Lipinski definition) is 5. The van der Waals surface area contributed by atoms with Gasteiger partial charge in [-0.3, -0.25) is 0 Å². The maximum absolute atomic E-state index is 10.3. The third-order valence-corrected chi connectivity index (χ3v) is 1.54. The van der Waals surface area contributed by atoms with Crippen LogP contribution in [0.25, 0.3) is 0 Å². The van der Waals surface area contributed by atoms with E-state index in [4.69, 9.17) is 10.2 Å². The number of nitrogens with zero attached hydrogens (tertiary/aromatic N) is 3. The van der Waals surface area contributed by atoms with Crippen LogP contribution in [0.3, 0.4) is 0 Å². The highest BCUT2D eigenvalue weighted by Gasteiger charge is 2.05. The van der Waals surface area contributed by atoms with Gasteiger partial charge in [0.2, 0.25) is 0 Å². The molecule has 2 N–H and O–H groups in total. The molecule has 1 aromatic carbocycles. The molecule has 0 radical (unpaired) electrons. The Kier molecular flexibility index (Phi) is 4.39. The molecular formula is C10H9N3O3. The maximum atomic E-state index is 10.3. The molecule has 0 atom stereocenters. The first-order valence-electron chi connectivity index (χ1n) is 4.31. The molecular weight excluding hydrogens is 210 g/mol. The first-order valence-corrected chi connectivity index (χ1v) is 4.31. The molecule has 2 aromatic rings. The van der Waals surface area contributed by atoms with Gasteiger partial charge < -0.3 is 10.2 Å². The maximum Gasteiger partial charge on any atom is 0.339 e. The van der Waals surface area contributed by atoms with Crippen LogP contribution in [0.5, 0.6) is 5.75 Å². The van der Waals surface area contributed by atoms with Crippen LogP contribution in [0.4, 0.5) is 0 Å². The smallest absolute Gasteiger partial charge is 0.339 e. The Balaban J connectivity index is 0.000000181. The Hall–Kier alpha value is -2.50. The summed E-state index contributed by atoms with van der Waals surface area (Å²) in [7, 11) is 0. The summed E-state index contributed by atoms with van der Waals surface area (Å²) < 4.78 is 0. The fourth-order valence-electron chi connectivity index (χ4n) is 0.859. The molecule has 1 heterocycles. The number of aromatic carboxylic acids is 1. The van der Waals surface area contributed by atoms with Crippen molar-refractivity contribution >= 4 is 5.97 Å². The first kappa shape index (κ1) is 11.6. The van der Waals surface area contributed by atoms with Gasteiger partial charge in [-0.05, 0) is 23.4 Å². The fraction of sp³-hybridized carbons (Fsp3) is 0. The molecule has 6 heteroatoms. The Labute approximate surface area is 91.2 Å². The van der Waals surface area contributed by atoms with Crippen molar-refractivity contribution in [3.63, 3.8) is 0 Å². The number of carboxylic acid groups (broad SMARTS) is 1. The summed E-state index contributed by atoms with van der Waals surface area (Å²) in [6.45, 7) is 0. The molecule has 0 aliphatic heterocycles. The van der Waals surface area contributed by atoms with E-state index in [1.807, 2.05) is 0 Å². The molecule has 0 saturated carbocycles. The van der Waals surface area contributed by atoms with Crippen LogP contribution in [0.15, 0.2) is 42.7 Å². The molecule has 6 nitrogen and oxygen atoms in total. The Morgan fingerprint density at radius 2 is 1.69 bits per heavy atom. The van der Waals surface area contributed by atoms with Crippen molar-refractivity contribution in [1.29, 1.82) is 0 Å². The summed E-state index contributed by atoms with van der Waals surface area (Å²) in [5.74, 6) is -1.31. The highest BCUT2D eigenvalue weighted by atomic mass is 16.4. The lowest BCUT2D eigenvalue weighted by Gasteiger charge is -1.95. The van der Waals surface area contributed by atoms with Crippen LogP contribution >= 0.6 is 0 Å². The quantitative estimate of drug-likeness (QED) is 0.741. The minimum atomic E-state index is -1.11. The molecule has 1 aromatic heterocycles. The second-order valence-electron chi connectivity index (χ2n) is 2.63. The second kappa shape index (κ2) is 6.07. The van der Waals surface area contributed by atoms with Crippen molar-refractivity contribution in [2.24, 2.45) is 0 Å². The molecule has 16 heavy (non-hydrogen) atoms. The van der Waals surface area contributed by atoms with Crippen LogP contribution in [0, 0.1) is 0 Å². The molecule has 0 aliphatic rings. The molecule has 0 saturated heterocycles.